The molecule has 0 spiro atoms. The third-order valence-corrected chi connectivity index (χ3v) is 3.18. The first kappa shape index (κ1) is 12.6. The summed E-state index contributed by atoms with van der Waals surface area (Å²) >= 11 is 0. The molecule has 0 radical (unpaired) electrons. The van der Waals surface area contributed by atoms with Crippen molar-refractivity contribution in [1.82, 2.24) is 4.90 Å². The smallest absolute Gasteiger partial charge is 0.407 e. The quantitative estimate of drug-likeness (QED) is 0.823. The highest BCUT2D eigenvalue weighted by Gasteiger charge is 2.28. The maximum absolute atomic E-state index is 12.9. The lowest BCUT2D eigenvalue weighted by Gasteiger charge is -2.41. The fourth-order valence-electron chi connectivity index (χ4n) is 2.20. The van der Waals surface area contributed by atoms with Crippen LogP contribution in [0.4, 0.5) is 14.9 Å². The van der Waals surface area contributed by atoms with Crippen LogP contribution in [0.3, 0.4) is 0 Å². The lowest BCUT2D eigenvalue weighted by Crippen LogP contribution is -2.57. The van der Waals surface area contributed by atoms with Crippen molar-refractivity contribution < 1.29 is 14.3 Å². The molecular formula is C12H16FN3O2. The van der Waals surface area contributed by atoms with Gasteiger partial charge in [-0.25, -0.2) is 9.18 Å². The third kappa shape index (κ3) is 2.53. The Morgan fingerprint density at radius 3 is 2.61 bits per heavy atom. The number of nitrogens with two attached hydrogens (primary N) is 1. The molecule has 2 rings (SSSR count). The summed E-state index contributed by atoms with van der Waals surface area (Å²) in [6.45, 7) is 1.74. The molecule has 1 aromatic rings. The third-order valence-electron chi connectivity index (χ3n) is 3.18. The Morgan fingerprint density at radius 2 is 2.06 bits per heavy atom. The average Bonchev–Trinajstić information content (AvgIpc) is 2.39. The van der Waals surface area contributed by atoms with Gasteiger partial charge in [-0.1, -0.05) is 0 Å². The van der Waals surface area contributed by atoms with Gasteiger partial charge in [0, 0.05) is 31.9 Å². The molecule has 0 bridgehead atoms. The second-order valence-corrected chi connectivity index (χ2v) is 4.29. The van der Waals surface area contributed by atoms with Crippen LogP contribution < -0.4 is 10.6 Å². The topological polar surface area (TPSA) is 69.8 Å². The molecule has 1 heterocycles. The minimum atomic E-state index is -0.924. The summed E-state index contributed by atoms with van der Waals surface area (Å²) in [7, 11) is 0. The van der Waals surface area contributed by atoms with Crippen molar-refractivity contribution in [3.63, 3.8) is 0 Å². The Kier molecular flexibility index (Phi) is 3.66. The number of carboxylic acid groups (broad SMARTS) is 1. The monoisotopic (exact) mass is 253 g/mol. The molecule has 1 fully saturated rings. The molecule has 1 saturated heterocycles. The van der Waals surface area contributed by atoms with E-state index in [4.69, 9.17) is 10.8 Å². The summed E-state index contributed by atoms with van der Waals surface area (Å²) in [6.07, 6.45) is -0.924. The van der Waals surface area contributed by atoms with Crippen LogP contribution in [0.25, 0.3) is 0 Å². The molecule has 6 heteroatoms. The largest absolute Gasteiger partial charge is 0.465 e. The van der Waals surface area contributed by atoms with Crippen molar-refractivity contribution in [3.8, 4) is 0 Å². The average molecular weight is 253 g/mol. The van der Waals surface area contributed by atoms with E-state index in [-0.39, 0.29) is 11.9 Å². The number of nitrogens with zero attached hydrogens (tertiary/aromatic N) is 2. The van der Waals surface area contributed by atoms with Crippen LogP contribution in [-0.2, 0) is 0 Å². The lowest BCUT2D eigenvalue weighted by atomic mass is 10.1. The minimum Gasteiger partial charge on any atom is -0.465 e. The van der Waals surface area contributed by atoms with Gasteiger partial charge < -0.3 is 20.6 Å². The first-order chi connectivity index (χ1) is 8.61. The predicted octanol–water partition coefficient (Wildman–Crippen LogP) is 0.953. The number of carbonyl (C=O) groups is 1. The molecular weight excluding hydrogens is 237 g/mol. The van der Waals surface area contributed by atoms with E-state index in [0.717, 1.165) is 5.69 Å². The van der Waals surface area contributed by atoms with Crippen LogP contribution in [-0.4, -0.2) is 48.3 Å². The van der Waals surface area contributed by atoms with Crippen LogP contribution in [0.15, 0.2) is 24.3 Å². The highest BCUT2D eigenvalue weighted by Crippen LogP contribution is 2.20. The second-order valence-electron chi connectivity index (χ2n) is 4.29. The summed E-state index contributed by atoms with van der Waals surface area (Å²) in [6, 6.07) is 6.10. The number of amides is 1. The van der Waals surface area contributed by atoms with Crippen LogP contribution in [0.5, 0.6) is 0 Å². The Hall–Kier alpha value is -1.82. The number of benzene rings is 1. The standard InChI is InChI=1S/C12H16FN3O2/c13-9-1-3-10(4-2-9)16-6-5-15(12(17)18)8-11(16)7-14/h1-4,11H,5-8,14H2,(H,17,18). The number of piperazine rings is 1. The SMILES string of the molecule is NCC1CN(C(=O)O)CCN1c1ccc(F)cc1. The fourth-order valence-corrected chi connectivity index (χ4v) is 2.20. The van der Waals surface area contributed by atoms with Gasteiger partial charge in [-0.2, -0.15) is 0 Å². The Morgan fingerprint density at radius 1 is 1.39 bits per heavy atom. The molecule has 0 aliphatic carbocycles. The molecule has 98 valence electrons. The van der Waals surface area contributed by atoms with Gasteiger partial charge in [0.05, 0.1) is 6.04 Å². The number of hydrogen-bond donors (Lipinski definition) is 2. The van der Waals surface area contributed by atoms with Gasteiger partial charge in [-0.15, -0.1) is 0 Å². The van der Waals surface area contributed by atoms with Crippen LogP contribution >= 0.6 is 0 Å². The Balaban J connectivity index is 2.14. The summed E-state index contributed by atoms with van der Waals surface area (Å²) in [4.78, 5) is 14.3. The zero-order chi connectivity index (χ0) is 13.1. The normalized spacial score (nSPS) is 20.0. The molecule has 1 aliphatic heterocycles. The molecule has 1 aromatic carbocycles. The maximum atomic E-state index is 12.9. The number of anilines is 1. The van der Waals surface area contributed by atoms with Crippen LogP contribution in [0.1, 0.15) is 0 Å². The summed E-state index contributed by atoms with van der Waals surface area (Å²) < 4.78 is 12.9. The van der Waals surface area contributed by atoms with Gasteiger partial charge >= 0.3 is 6.09 Å². The zero-order valence-corrected chi connectivity index (χ0v) is 9.92. The van der Waals surface area contributed by atoms with Gasteiger partial charge in [0.2, 0.25) is 0 Å². The molecule has 18 heavy (non-hydrogen) atoms. The number of rotatable bonds is 2. The van der Waals surface area contributed by atoms with Crippen molar-refractivity contribution in [2.24, 2.45) is 5.73 Å². The van der Waals surface area contributed by atoms with Crippen molar-refractivity contribution >= 4 is 11.8 Å². The molecule has 1 aliphatic rings. The highest BCUT2D eigenvalue weighted by molar-refractivity contribution is 5.65. The van der Waals surface area contributed by atoms with Gasteiger partial charge in [0.25, 0.3) is 0 Å². The van der Waals surface area contributed by atoms with E-state index in [0.29, 0.717) is 26.2 Å². The van der Waals surface area contributed by atoms with Gasteiger partial charge in [0.15, 0.2) is 0 Å². The summed E-state index contributed by atoms with van der Waals surface area (Å²) in [5, 5.41) is 8.96. The van der Waals surface area contributed by atoms with E-state index in [1.807, 2.05) is 4.90 Å². The van der Waals surface area contributed by atoms with Crippen LogP contribution in [0.2, 0.25) is 0 Å². The first-order valence-corrected chi connectivity index (χ1v) is 5.82. The summed E-state index contributed by atoms with van der Waals surface area (Å²) in [5.74, 6) is -0.285. The molecule has 0 saturated carbocycles. The van der Waals surface area contributed by atoms with Crippen LogP contribution in [0, 0.1) is 5.82 Å². The molecule has 5 nitrogen and oxygen atoms in total. The van der Waals surface area contributed by atoms with Crippen molar-refractivity contribution in [2.45, 2.75) is 6.04 Å². The maximum Gasteiger partial charge on any atom is 0.407 e. The predicted molar refractivity (Wildman–Crippen MR) is 66.2 cm³/mol. The molecule has 1 unspecified atom stereocenters. The Labute approximate surface area is 105 Å². The van der Waals surface area contributed by atoms with E-state index in [1.54, 1.807) is 12.1 Å². The zero-order valence-electron chi connectivity index (χ0n) is 9.92. The molecule has 1 atom stereocenters. The molecule has 3 N–H and O–H groups in total. The molecule has 0 aromatic heterocycles. The first-order valence-electron chi connectivity index (χ1n) is 5.82. The minimum absolute atomic E-state index is 0.0692. The van der Waals surface area contributed by atoms with E-state index < -0.39 is 6.09 Å². The van der Waals surface area contributed by atoms with E-state index >= 15 is 0 Å². The Bertz CT molecular complexity index is 424. The van der Waals surface area contributed by atoms with Gasteiger partial charge in [-0.3, -0.25) is 0 Å². The van der Waals surface area contributed by atoms with E-state index in [9.17, 15) is 9.18 Å². The molecule has 1 amide bonds. The number of hydrogen-bond acceptors (Lipinski definition) is 3. The fraction of sp³-hybridized carbons (Fsp3) is 0.417. The lowest BCUT2D eigenvalue weighted by molar-refractivity contribution is 0.135. The van der Waals surface area contributed by atoms with E-state index in [2.05, 4.69) is 0 Å². The van der Waals surface area contributed by atoms with E-state index in [1.165, 1.54) is 17.0 Å². The highest BCUT2D eigenvalue weighted by atomic mass is 19.1. The summed E-state index contributed by atoms with van der Waals surface area (Å²) in [5.41, 5.74) is 6.56. The van der Waals surface area contributed by atoms with Crippen molar-refractivity contribution in [2.75, 3.05) is 31.1 Å². The van der Waals surface area contributed by atoms with Gasteiger partial charge in [-0.05, 0) is 24.3 Å². The van der Waals surface area contributed by atoms with Crippen molar-refractivity contribution in [1.29, 1.82) is 0 Å². The van der Waals surface area contributed by atoms with Crippen molar-refractivity contribution in [3.05, 3.63) is 30.1 Å². The van der Waals surface area contributed by atoms with Gasteiger partial charge in [0.1, 0.15) is 5.82 Å². The number of halogens is 1. The second kappa shape index (κ2) is 5.22.